The van der Waals surface area contributed by atoms with E-state index in [-0.39, 0.29) is 11.6 Å². The van der Waals surface area contributed by atoms with Crippen molar-refractivity contribution in [1.82, 2.24) is 9.55 Å². The monoisotopic (exact) mass is 341 g/mol. The SMILES string of the molecule is Nc1ccc(Cn2c(-c3ccccc3)nc(Cl)c2CC(=O)O)cc1. The number of benzene rings is 2. The normalized spacial score (nSPS) is 10.7. The number of carboxylic acid groups (broad SMARTS) is 1. The molecule has 122 valence electrons. The van der Waals surface area contributed by atoms with E-state index in [9.17, 15) is 9.90 Å². The Bertz CT molecular complexity index is 858. The predicted molar refractivity (Wildman–Crippen MR) is 94.0 cm³/mol. The van der Waals surface area contributed by atoms with Crippen LogP contribution in [0.4, 0.5) is 5.69 Å². The van der Waals surface area contributed by atoms with Gasteiger partial charge in [0, 0.05) is 17.8 Å². The Hall–Kier alpha value is -2.79. The van der Waals surface area contributed by atoms with Crippen LogP contribution in [0.1, 0.15) is 11.3 Å². The predicted octanol–water partition coefficient (Wildman–Crippen LogP) is 3.46. The summed E-state index contributed by atoms with van der Waals surface area (Å²) in [6.45, 7) is 0.465. The summed E-state index contributed by atoms with van der Waals surface area (Å²) in [5.74, 6) is -0.302. The highest BCUT2D eigenvalue weighted by Gasteiger charge is 2.19. The van der Waals surface area contributed by atoms with Gasteiger partial charge >= 0.3 is 5.97 Å². The van der Waals surface area contributed by atoms with Crippen LogP contribution in [0.5, 0.6) is 0 Å². The molecule has 1 aromatic heterocycles. The molecular formula is C18H16ClN3O2. The maximum absolute atomic E-state index is 11.2. The van der Waals surface area contributed by atoms with Crippen LogP contribution in [-0.2, 0) is 17.8 Å². The van der Waals surface area contributed by atoms with Crippen molar-refractivity contribution < 1.29 is 9.90 Å². The molecule has 0 amide bonds. The number of nitrogens with two attached hydrogens (primary N) is 1. The number of aromatic nitrogens is 2. The van der Waals surface area contributed by atoms with Gasteiger partial charge in [-0.25, -0.2) is 4.98 Å². The van der Waals surface area contributed by atoms with E-state index in [0.717, 1.165) is 11.1 Å². The summed E-state index contributed by atoms with van der Waals surface area (Å²) >= 11 is 6.22. The van der Waals surface area contributed by atoms with Crippen molar-refractivity contribution in [3.8, 4) is 11.4 Å². The number of halogens is 1. The molecule has 0 aliphatic carbocycles. The number of aliphatic carboxylic acids is 1. The highest BCUT2D eigenvalue weighted by atomic mass is 35.5. The number of imidazole rings is 1. The van der Waals surface area contributed by atoms with Crippen LogP contribution >= 0.6 is 11.6 Å². The maximum Gasteiger partial charge on any atom is 0.309 e. The van der Waals surface area contributed by atoms with Gasteiger partial charge in [0.25, 0.3) is 0 Å². The number of hydrogen-bond acceptors (Lipinski definition) is 3. The number of carboxylic acids is 1. The van der Waals surface area contributed by atoms with Crippen LogP contribution in [0.15, 0.2) is 54.6 Å². The number of rotatable bonds is 5. The van der Waals surface area contributed by atoms with Gasteiger partial charge in [-0.15, -0.1) is 0 Å². The molecule has 6 heteroatoms. The minimum absolute atomic E-state index is 0.187. The summed E-state index contributed by atoms with van der Waals surface area (Å²) in [5, 5.41) is 9.40. The van der Waals surface area contributed by atoms with Crippen LogP contribution < -0.4 is 5.73 Å². The quantitative estimate of drug-likeness (QED) is 0.696. The Morgan fingerprint density at radius 1 is 1.12 bits per heavy atom. The summed E-state index contributed by atoms with van der Waals surface area (Å²) in [6, 6.07) is 17.0. The fourth-order valence-electron chi connectivity index (χ4n) is 2.55. The molecular weight excluding hydrogens is 326 g/mol. The minimum atomic E-state index is -0.949. The van der Waals surface area contributed by atoms with Crippen LogP contribution in [0.25, 0.3) is 11.4 Å². The smallest absolute Gasteiger partial charge is 0.309 e. The van der Waals surface area contributed by atoms with E-state index in [1.807, 2.05) is 59.2 Å². The molecule has 0 spiro atoms. The van der Waals surface area contributed by atoms with Crippen molar-refractivity contribution >= 4 is 23.3 Å². The fraction of sp³-hybridized carbons (Fsp3) is 0.111. The molecule has 3 aromatic rings. The van der Waals surface area contributed by atoms with E-state index in [2.05, 4.69) is 4.98 Å². The van der Waals surface area contributed by atoms with Crippen molar-refractivity contribution in [1.29, 1.82) is 0 Å². The molecule has 0 fully saturated rings. The van der Waals surface area contributed by atoms with E-state index in [4.69, 9.17) is 17.3 Å². The molecule has 2 aromatic carbocycles. The average Bonchev–Trinajstić information content (AvgIpc) is 2.86. The lowest BCUT2D eigenvalue weighted by Crippen LogP contribution is -2.11. The highest BCUT2D eigenvalue weighted by molar-refractivity contribution is 6.30. The number of nitrogen functional groups attached to an aromatic ring is 1. The molecule has 0 aliphatic rings. The molecule has 3 N–H and O–H groups in total. The molecule has 0 saturated heterocycles. The van der Waals surface area contributed by atoms with E-state index < -0.39 is 5.97 Å². The zero-order valence-electron chi connectivity index (χ0n) is 12.8. The molecule has 0 unspecified atom stereocenters. The number of nitrogens with zero attached hydrogens (tertiary/aromatic N) is 2. The zero-order chi connectivity index (χ0) is 17.1. The first-order valence-electron chi connectivity index (χ1n) is 7.41. The van der Waals surface area contributed by atoms with E-state index in [0.29, 0.717) is 23.8 Å². The second-order valence-corrected chi connectivity index (χ2v) is 5.80. The van der Waals surface area contributed by atoms with Gasteiger partial charge in [-0.3, -0.25) is 4.79 Å². The maximum atomic E-state index is 11.2. The van der Waals surface area contributed by atoms with Crippen molar-refractivity contribution in [2.75, 3.05) is 5.73 Å². The van der Waals surface area contributed by atoms with Gasteiger partial charge in [-0.05, 0) is 17.7 Å². The highest BCUT2D eigenvalue weighted by Crippen LogP contribution is 2.27. The van der Waals surface area contributed by atoms with Crippen molar-refractivity contribution in [3.63, 3.8) is 0 Å². The third-order valence-corrected chi connectivity index (χ3v) is 4.00. The molecule has 0 atom stereocenters. The lowest BCUT2D eigenvalue weighted by Gasteiger charge is -2.12. The first kappa shape index (κ1) is 16.1. The van der Waals surface area contributed by atoms with E-state index in [1.54, 1.807) is 0 Å². The van der Waals surface area contributed by atoms with Crippen molar-refractivity contribution in [2.24, 2.45) is 0 Å². The van der Waals surface area contributed by atoms with Crippen LogP contribution in [0.3, 0.4) is 0 Å². The topological polar surface area (TPSA) is 81.1 Å². The summed E-state index contributed by atoms with van der Waals surface area (Å²) in [6.07, 6.45) is -0.187. The summed E-state index contributed by atoms with van der Waals surface area (Å²) in [7, 11) is 0. The lowest BCUT2D eigenvalue weighted by molar-refractivity contribution is -0.136. The van der Waals surface area contributed by atoms with E-state index in [1.165, 1.54) is 0 Å². The van der Waals surface area contributed by atoms with Crippen LogP contribution in [-0.4, -0.2) is 20.6 Å². The average molecular weight is 342 g/mol. The summed E-state index contributed by atoms with van der Waals surface area (Å²) < 4.78 is 1.84. The molecule has 0 bridgehead atoms. The summed E-state index contributed by atoms with van der Waals surface area (Å²) in [4.78, 5) is 15.6. The largest absolute Gasteiger partial charge is 0.481 e. The molecule has 0 radical (unpaired) electrons. The van der Waals surface area contributed by atoms with Gasteiger partial charge in [0.15, 0.2) is 5.15 Å². The minimum Gasteiger partial charge on any atom is -0.481 e. The standard InChI is InChI=1S/C18H16ClN3O2/c19-17-15(10-16(23)24)22(11-12-6-8-14(20)9-7-12)18(21-17)13-4-2-1-3-5-13/h1-9H,10-11,20H2,(H,23,24). The van der Waals surface area contributed by atoms with E-state index >= 15 is 0 Å². The number of hydrogen-bond donors (Lipinski definition) is 2. The molecule has 3 rings (SSSR count). The fourth-order valence-corrected chi connectivity index (χ4v) is 2.80. The van der Waals surface area contributed by atoms with Crippen molar-refractivity contribution in [2.45, 2.75) is 13.0 Å². The second kappa shape index (κ2) is 6.76. The van der Waals surface area contributed by atoms with Gasteiger partial charge in [0.05, 0.1) is 12.1 Å². The van der Waals surface area contributed by atoms with Gasteiger partial charge in [0.1, 0.15) is 5.82 Å². The summed E-state index contributed by atoms with van der Waals surface area (Å²) in [5.41, 5.74) is 8.76. The van der Waals surface area contributed by atoms with Crippen LogP contribution in [0.2, 0.25) is 5.15 Å². The third kappa shape index (κ3) is 3.41. The Morgan fingerprint density at radius 2 is 1.79 bits per heavy atom. The Morgan fingerprint density at radius 3 is 2.42 bits per heavy atom. The van der Waals surface area contributed by atoms with Gasteiger partial charge in [-0.2, -0.15) is 0 Å². The van der Waals surface area contributed by atoms with Gasteiger partial charge in [-0.1, -0.05) is 54.1 Å². The molecule has 0 aliphatic heterocycles. The van der Waals surface area contributed by atoms with Gasteiger partial charge in [0.2, 0.25) is 0 Å². The number of anilines is 1. The van der Waals surface area contributed by atoms with Gasteiger partial charge < -0.3 is 15.4 Å². The second-order valence-electron chi connectivity index (χ2n) is 5.44. The Balaban J connectivity index is 2.09. The van der Waals surface area contributed by atoms with Crippen molar-refractivity contribution in [3.05, 3.63) is 71.0 Å². The first-order valence-corrected chi connectivity index (χ1v) is 7.79. The number of carbonyl (C=O) groups is 1. The molecule has 1 heterocycles. The third-order valence-electron chi connectivity index (χ3n) is 3.69. The Kier molecular flexibility index (Phi) is 4.53. The Labute approximate surface area is 144 Å². The molecule has 24 heavy (non-hydrogen) atoms. The molecule has 0 saturated carbocycles. The zero-order valence-corrected chi connectivity index (χ0v) is 13.6. The molecule has 5 nitrogen and oxygen atoms in total. The lowest BCUT2D eigenvalue weighted by atomic mass is 10.1. The van der Waals surface area contributed by atoms with Crippen LogP contribution in [0, 0.1) is 0 Å². The first-order chi connectivity index (χ1) is 11.5.